The van der Waals surface area contributed by atoms with E-state index in [1.165, 1.54) is 11.1 Å². The second-order valence-corrected chi connectivity index (χ2v) is 7.81. The van der Waals surface area contributed by atoms with Gasteiger partial charge < -0.3 is 10.0 Å². The fourth-order valence-electron chi connectivity index (χ4n) is 3.08. The molecular formula is C20H24N4O3S. The van der Waals surface area contributed by atoms with Crippen LogP contribution in [0.3, 0.4) is 0 Å². The molecule has 0 bridgehead atoms. The number of rotatable bonds is 7. The minimum absolute atomic E-state index is 0.136. The van der Waals surface area contributed by atoms with Gasteiger partial charge in [-0.1, -0.05) is 24.3 Å². The van der Waals surface area contributed by atoms with Gasteiger partial charge in [-0.15, -0.1) is 4.40 Å². The van der Waals surface area contributed by atoms with Crippen LogP contribution in [0.2, 0.25) is 0 Å². The van der Waals surface area contributed by atoms with Crippen molar-refractivity contribution in [3.63, 3.8) is 0 Å². The monoisotopic (exact) mass is 400 g/mol. The van der Waals surface area contributed by atoms with Gasteiger partial charge in [0, 0.05) is 24.3 Å². The second-order valence-electron chi connectivity index (χ2n) is 6.24. The highest BCUT2D eigenvalue weighted by Gasteiger charge is 2.31. The highest BCUT2D eigenvalue weighted by molar-refractivity contribution is 7.90. The van der Waals surface area contributed by atoms with Gasteiger partial charge in [0.1, 0.15) is 4.90 Å². The molecule has 0 fully saturated rings. The van der Waals surface area contributed by atoms with E-state index in [1.54, 1.807) is 24.4 Å². The first-order chi connectivity index (χ1) is 13.5. The van der Waals surface area contributed by atoms with E-state index in [1.807, 2.05) is 24.3 Å². The predicted octanol–water partition coefficient (Wildman–Crippen LogP) is 2.31. The molecule has 2 aromatic carbocycles. The van der Waals surface area contributed by atoms with Crippen molar-refractivity contribution in [1.29, 1.82) is 0 Å². The first-order valence-corrected chi connectivity index (χ1v) is 10.7. The molecule has 3 rings (SSSR count). The van der Waals surface area contributed by atoms with Gasteiger partial charge in [-0.2, -0.15) is 13.5 Å². The van der Waals surface area contributed by atoms with Crippen molar-refractivity contribution in [2.24, 2.45) is 9.50 Å². The Bertz CT molecular complexity index is 981. The zero-order chi connectivity index (χ0) is 20.1. The Kier molecular flexibility index (Phi) is 6.11. The molecule has 0 atom stereocenters. The molecule has 1 N–H and O–H groups in total. The largest absolute Gasteiger partial charge is 0.394 e. The Labute approximate surface area is 165 Å². The molecule has 1 heterocycles. The predicted molar refractivity (Wildman–Crippen MR) is 112 cm³/mol. The molecule has 0 aromatic heterocycles. The molecule has 0 spiro atoms. The summed E-state index contributed by atoms with van der Waals surface area (Å²) in [5.41, 5.74) is 2.49. The van der Waals surface area contributed by atoms with E-state index in [2.05, 4.69) is 28.2 Å². The van der Waals surface area contributed by atoms with Crippen LogP contribution < -0.4 is 4.90 Å². The molecule has 0 aliphatic carbocycles. The number of sulfonamides is 1. The van der Waals surface area contributed by atoms with E-state index in [9.17, 15) is 13.5 Å². The third-order valence-corrected chi connectivity index (χ3v) is 5.86. The number of aliphatic hydroxyl groups excluding tert-OH is 1. The molecule has 28 heavy (non-hydrogen) atoms. The summed E-state index contributed by atoms with van der Waals surface area (Å²) in [5.74, 6) is 0.223. The van der Waals surface area contributed by atoms with Crippen molar-refractivity contribution < 1.29 is 13.5 Å². The molecule has 1 aliphatic rings. The summed E-state index contributed by atoms with van der Waals surface area (Å²) in [6, 6.07) is 14.6. The summed E-state index contributed by atoms with van der Waals surface area (Å²) in [6.07, 6.45) is 1.64. The van der Waals surface area contributed by atoms with Gasteiger partial charge in [0.2, 0.25) is 0 Å². The van der Waals surface area contributed by atoms with Crippen molar-refractivity contribution >= 4 is 27.8 Å². The quantitative estimate of drug-likeness (QED) is 0.569. The number of hydrogen-bond acceptors (Lipinski definition) is 6. The van der Waals surface area contributed by atoms with Gasteiger partial charge in [0.05, 0.1) is 19.4 Å². The average molecular weight is 401 g/mol. The summed E-state index contributed by atoms with van der Waals surface area (Å²) < 4.78 is 28.4. The van der Waals surface area contributed by atoms with Crippen LogP contribution in [-0.4, -0.2) is 56.8 Å². The zero-order valence-electron chi connectivity index (χ0n) is 16.0. The molecule has 0 amide bonds. The van der Waals surface area contributed by atoms with Crippen LogP contribution in [0.1, 0.15) is 25.0 Å². The smallest absolute Gasteiger partial charge is 0.285 e. The Morgan fingerprint density at radius 3 is 2.39 bits per heavy atom. The summed E-state index contributed by atoms with van der Waals surface area (Å²) >= 11 is 0. The number of benzene rings is 2. The van der Waals surface area contributed by atoms with E-state index in [4.69, 9.17) is 0 Å². The van der Waals surface area contributed by atoms with Crippen LogP contribution in [-0.2, 0) is 10.0 Å². The molecule has 1 aliphatic heterocycles. The molecule has 0 radical (unpaired) electrons. The molecule has 8 heteroatoms. The van der Waals surface area contributed by atoms with E-state index in [0.717, 1.165) is 24.3 Å². The normalized spacial score (nSPS) is 14.8. The third kappa shape index (κ3) is 4.07. The van der Waals surface area contributed by atoms with Gasteiger partial charge in [-0.05, 0) is 43.7 Å². The third-order valence-electron chi connectivity index (χ3n) is 4.54. The van der Waals surface area contributed by atoms with Crippen molar-refractivity contribution in [3.8, 4) is 0 Å². The number of aliphatic hydroxyl groups is 1. The molecule has 0 saturated carbocycles. The van der Waals surface area contributed by atoms with Gasteiger partial charge >= 0.3 is 0 Å². The van der Waals surface area contributed by atoms with Crippen LogP contribution >= 0.6 is 0 Å². The minimum Gasteiger partial charge on any atom is -0.394 e. The summed E-state index contributed by atoms with van der Waals surface area (Å²) in [4.78, 5) is 2.40. The SMILES string of the molecule is CCN(CC)c1ccc(C=NN(CCO)C2=NS(=O)(=O)c3ccccc32)cc1. The molecule has 0 saturated heterocycles. The maximum absolute atomic E-state index is 12.3. The lowest BCUT2D eigenvalue weighted by Gasteiger charge is -2.21. The maximum Gasteiger partial charge on any atom is 0.285 e. The van der Waals surface area contributed by atoms with E-state index >= 15 is 0 Å². The molecular weight excluding hydrogens is 376 g/mol. The lowest BCUT2D eigenvalue weighted by molar-refractivity contribution is 0.254. The fraction of sp³-hybridized carbons (Fsp3) is 0.300. The summed E-state index contributed by atoms with van der Waals surface area (Å²) in [6.45, 7) is 6.04. The molecule has 148 valence electrons. The van der Waals surface area contributed by atoms with Gasteiger partial charge in [0.15, 0.2) is 5.84 Å². The highest BCUT2D eigenvalue weighted by Crippen LogP contribution is 2.27. The Morgan fingerprint density at radius 1 is 1.07 bits per heavy atom. The van der Waals surface area contributed by atoms with Crippen molar-refractivity contribution in [2.75, 3.05) is 31.1 Å². The minimum atomic E-state index is -3.74. The first kappa shape index (κ1) is 20.0. The number of hydrogen-bond donors (Lipinski definition) is 1. The van der Waals surface area contributed by atoms with Crippen LogP contribution in [0.5, 0.6) is 0 Å². The highest BCUT2D eigenvalue weighted by atomic mass is 32.2. The maximum atomic E-state index is 12.3. The van der Waals surface area contributed by atoms with E-state index in [0.29, 0.717) is 5.56 Å². The fourth-order valence-corrected chi connectivity index (χ4v) is 4.29. The summed E-state index contributed by atoms with van der Waals surface area (Å²) in [5, 5.41) is 15.2. The number of anilines is 1. The van der Waals surface area contributed by atoms with Crippen LogP contribution in [0, 0.1) is 0 Å². The van der Waals surface area contributed by atoms with Gasteiger partial charge in [0.25, 0.3) is 10.0 Å². The molecule has 0 unspecified atom stereocenters. The van der Waals surface area contributed by atoms with Crippen LogP contribution in [0.4, 0.5) is 5.69 Å². The number of amidine groups is 1. The summed E-state index contributed by atoms with van der Waals surface area (Å²) in [7, 11) is -3.74. The van der Waals surface area contributed by atoms with Gasteiger partial charge in [-0.25, -0.2) is 5.01 Å². The van der Waals surface area contributed by atoms with Crippen molar-refractivity contribution in [3.05, 3.63) is 59.7 Å². The van der Waals surface area contributed by atoms with Crippen molar-refractivity contribution in [2.45, 2.75) is 18.7 Å². The lowest BCUT2D eigenvalue weighted by atomic mass is 10.2. The number of hydrazone groups is 1. The van der Waals surface area contributed by atoms with Crippen molar-refractivity contribution in [1.82, 2.24) is 5.01 Å². The standard InChI is InChI=1S/C20H24N4O3S/c1-3-23(4-2)17-11-9-16(10-12-17)15-21-24(13-14-25)20-18-7-5-6-8-19(18)28(26,27)22-20/h5-12,15,25H,3-4,13-14H2,1-2H3. The topological polar surface area (TPSA) is 85.6 Å². The average Bonchev–Trinajstić information content (AvgIpc) is 2.98. The zero-order valence-corrected chi connectivity index (χ0v) is 16.8. The second kappa shape index (κ2) is 8.53. The Balaban J connectivity index is 1.86. The van der Waals surface area contributed by atoms with Crippen LogP contribution in [0.25, 0.3) is 0 Å². The number of nitrogens with zero attached hydrogens (tertiary/aromatic N) is 4. The van der Waals surface area contributed by atoms with E-state index in [-0.39, 0.29) is 23.9 Å². The van der Waals surface area contributed by atoms with Gasteiger partial charge in [-0.3, -0.25) is 0 Å². The Hall–Kier alpha value is -2.71. The van der Waals surface area contributed by atoms with Crippen LogP contribution in [0.15, 0.2) is 62.9 Å². The first-order valence-electron chi connectivity index (χ1n) is 9.22. The van der Waals surface area contributed by atoms with E-state index < -0.39 is 10.0 Å². The number of fused-ring (bicyclic) bond motifs is 1. The lowest BCUT2D eigenvalue weighted by Crippen LogP contribution is -2.28. The molecule has 2 aromatic rings. The molecule has 7 nitrogen and oxygen atoms in total. The Morgan fingerprint density at radius 2 is 1.75 bits per heavy atom.